The number of carbonyl (C=O) groups excluding carboxylic acids is 4. The summed E-state index contributed by atoms with van der Waals surface area (Å²) >= 11 is 0. The molecule has 0 bridgehead atoms. The van der Waals surface area contributed by atoms with Gasteiger partial charge in [0.2, 0.25) is 0 Å². The molecular weight excluding hydrogens is 1180 g/mol. The van der Waals surface area contributed by atoms with Gasteiger partial charge in [0.05, 0.1) is 38.1 Å². The van der Waals surface area contributed by atoms with Crippen molar-refractivity contribution in [3.05, 3.63) is 11.6 Å². The van der Waals surface area contributed by atoms with Crippen LogP contribution in [0.15, 0.2) is 11.6 Å². The Kier molecular flexibility index (Phi) is 20.3. The predicted molar refractivity (Wildman–Crippen MR) is 298 cm³/mol. The lowest BCUT2D eigenvalue weighted by Crippen LogP contribution is -2.69. The third-order valence-electron chi connectivity index (χ3n) is 22.6. The highest BCUT2D eigenvalue weighted by Gasteiger charge is 2.71. The Labute approximate surface area is 516 Å². The number of aliphatic hydroxyl groups is 10. The van der Waals surface area contributed by atoms with Gasteiger partial charge in [-0.3, -0.25) is 19.2 Å². The molecule has 506 valence electrons. The van der Waals surface area contributed by atoms with Crippen LogP contribution in [0.25, 0.3) is 0 Å². The molecule has 8 fully saturated rings. The van der Waals surface area contributed by atoms with Crippen molar-refractivity contribution in [1.82, 2.24) is 0 Å². The van der Waals surface area contributed by atoms with E-state index in [4.69, 9.17) is 56.8 Å². The molecule has 0 aromatic heterocycles. The van der Waals surface area contributed by atoms with Crippen LogP contribution in [0.5, 0.6) is 0 Å². The highest BCUT2D eigenvalue weighted by molar-refractivity contribution is 5.73. The maximum absolute atomic E-state index is 12.6. The fraction of sp³-hybridized carbons (Fsp3) is 0.885. The predicted octanol–water partition coefficient (Wildman–Crippen LogP) is -0.606. The maximum Gasteiger partial charge on any atom is 0.335 e. The lowest BCUT2D eigenvalue weighted by molar-refractivity contribution is -0.375. The van der Waals surface area contributed by atoms with Gasteiger partial charge in [0.15, 0.2) is 49.6 Å². The Balaban J connectivity index is 0.960. The van der Waals surface area contributed by atoms with Crippen LogP contribution in [0.1, 0.15) is 128 Å². The molecule has 0 radical (unpaired) electrons. The first-order valence-electron chi connectivity index (χ1n) is 31.0. The third-order valence-corrected chi connectivity index (χ3v) is 22.6. The monoisotopic (exact) mass is 1270 g/mol. The minimum Gasteiger partial charge on any atom is -0.479 e. The van der Waals surface area contributed by atoms with Crippen LogP contribution in [0.3, 0.4) is 0 Å². The van der Waals surface area contributed by atoms with Crippen molar-refractivity contribution in [3.63, 3.8) is 0 Å². The number of carbonyl (C=O) groups is 5. The summed E-state index contributed by atoms with van der Waals surface area (Å²) < 4.78 is 71.3. The number of allylic oxidation sites excluding steroid dienone is 2. The van der Waals surface area contributed by atoms with Gasteiger partial charge >= 0.3 is 29.8 Å². The summed E-state index contributed by atoms with van der Waals surface area (Å²) in [6.07, 6.45) is -28.7. The van der Waals surface area contributed by atoms with Crippen LogP contribution < -0.4 is 0 Å². The van der Waals surface area contributed by atoms with Crippen LogP contribution in [0, 0.1) is 50.2 Å². The minimum atomic E-state index is -2.06. The average molecular weight is 1280 g/mol. The number of esters is 4. The van der Waals surface area contributed by atoms with Crippen molar-refractivity contribution in [2.45, 2.75) is 263 Å². The molecule has 4 saturated heterocycles. The molecule has 30 atom stereocenters. The van der Waals surface area contributed by atoms with E-state index in [-0.39, 0.29) is 29.8 Å². The van der Waals surface area contributed by atoms with E-state index in [1.807, 2.05) is 20.8 Å². The number of rotatable bonds is 16. The Bertz CT molecular complexity index is 2620. The molecule has 9 aliphatic rings. The van der Waals surface area contributed by atoms with Crippen LogP contribution in [-0.2, 0) is 80.8 Å². The molecule has 0 aromatic carbocycles. The Hall–Kier alpha value is -3.63. The van der Waals surface area contributed by atoms with Gasteiger partial charge in [-0.05, 0) is 90.8 Å². The van der Waals surface area contributed by atoms with Gasteiger partial charge in [-0.15, -0.1) is 0 Å². The van der Waals surface area contributed by atoms with Gasteiger partial charge in [-0.25, -0.2) is 4.79 Å². The summed E-state index contributed by atoms with van der Waals surface area (Å²) in [6.45, 7) is 17.0. The number of carboxylic acid groups (broad SMARTS) is 1. The second kappa shape index (κ2) is 25.9. The van der Waals surface area contributed by atoms with Crippen molar-refractivity contribution < 1.29 is 137 Å². The van der Waals surface area contributed by atoms with Gasteiger partial charge in [-0.1, -0.05) is 60.1 Å². The number of fused-ring (bicyclic) bond motifs is 7. The molecule has 4 aliphatic heterocycles. The topological polar surface area (TPSA) is 419 Å². The van der Waals surface area contributed by atoms with Crippen molar-refractivity contribution in [2.24, 2.45) is 50.2 Å². The van der Waals surface area contributed by atoms with E-state index in [0.717, 1.165) is 27.7 Å². The van der Waals surface area contributed by atoms with Crippen molar-refractivity contribution in [2.75, 3.05) is 26.4 Å². The molecule has 89 heavy (non-hydrogen) atoms. The van der Waals surface area contributed by atoms with Crippen LogP contribution >= 0.6 is 0 Å². The van der Waals surface area contributed by atoms with Gasteiger partial charge in [0, 0.05) is 38.5 Å². The van der Waals surface area contributed by atoms with Gasteiger partial charge in [0.1, 0.15) is 73.8 Å². The summed E-state index contributed by atoms with van der Waals surface area (Å²) in [5.74, 6) is -5.30. The molecule has 0 aromatic rings. The third kappa shape index (κ3) is 12.3. The van der Waals surface area contributed by atoms with E-state index >= 15 is 0 Å². The summed E-state index contributed by atoms with van der Waals surface area (Å²) in [4.78, 5) is 62.0. The zero-order valence-electron chi connectivity index (χ0n) is 52.4. The fourth-order valence-electron chi connectivity index (χ4n) is 17.6. The molecule has 0 amide bonds. The number of aliphatic carboxylic acids is 1. The summed E-state index contributed by atoms with van der Waals surface area (Å²) in [7, 11) is 0. The molecule has 11 N–H and O–H groups in total. The first-order valence-corrected chi connectivity index (χ1v) is 31.0. The number of aliphatic hydroxyl groups excluding tert-OH is 10. The van der Waals surface area contributed by atoms with Crippen molar-refractivity contribution in [1.29, 1.82) is 0 Å². The molecule has 22 unspecified atom stereocenters. The second-order valence-corrected chi connectivity index (χ2v) is 28.3. The molecule has 0 spiro atoms. The second-order valence-electron chi connectivity index (χ2n) is 28.3. The van der Waals surface area contributed by atoms with E-state index in [0.29, 0.717) is 51.4 Å². The van der Waals surface area contributed by atoms with Crippen molar-refractivity contribution in [3.8, 4) is 0 Å². The van der Waals surface area contributed by atoms with E-state index in [1.165, 1.54) is 5.57 Å². The van der Waals surface area contributed by atoms with Crippen LogP contribution in [0.2, 0.25) is 0 Å². The molecule has 28 nitrogen and oxygen atoms in total. The highest BCUT2D eigenvalue weighted by atomic mass is 16.8. The normalized spacial score (nSPS) is 49.4. The summed E-state index contributed by atoms with van der Waals surface area (Å²) in [5.41, 5.74) is -2.55. The van der Waals surface area contributed by atoms with E-state index in [1.54, 1.807) is 0 Å². The zero-order chi connectivity index (χ0) is 65.6. The van der Waals surface area contributed by atoms with Gasteiger partial charge in [-0.2, -0.15) is 0 Å². The standard InChI is InChI=1S/C61H94O28/c1-25(64)78-23-33-44(80-26(2)65)47(81-27(3)66)48(82-28(4)67)55(84-33)86-43-31(68)22-79-52(42(43)74)89-50-49(75)56(5,6)20-30-29-12-13-35-58(8)16-15-36(59(9,24-63)34(58)14-17-61(35,11)60(29,10)19-18-57(30,50)7)85-54-46(40(72)39(71)45(87-54)51(76)77)88-53-41(73)38(70)37(69)32(21-62)83-53/h12,30-50,52-55,62-63,68-75H,13-24H2,1-11H3,(H,76,77)/t30?,31?,32?,33?,34?,35?,36-,37?,38?,39?,40?,41?,42?,43?,44?,45?,46?,47?,48?,49-,50+,52?,53?,54?,55?,57+,58-,59+,60+,61+/m0/s1. The maximum atomic E-state index is 12.6. The molecule has 4 saturated carbocycles. The van der Waals surface area contributed by atoms with E-state index in [9.17, 15) is 80.1 Å². The highest BCUT2D eigenvalue weighted by Crippen LogP contribution is 2.76. The lowest BCUT2D eigenvalue weighted by atomic mass is 9.33. The first kappa shape index (κ1) is 69.7. The van der Waals surface area contributed by atoms with Crippen LogP contribution in [0.4, 0.5) is 0 Å². The Morgan fingerprint density at radius 2 is 1.19 bits per heavy atom. The minimum absolute atomic E-state index is 0.0472. The molecule has 9 rings (SSSR count). The van der Waals surface area contributed by atoms with Gasteiger partial charge < -0.3 is 113 Å². The first-order chi connectivity index (χ1) is 41.5. The lowest BCUT2D eigenvalue weighted by Gasteiger charge is -2.72. The van der Waals surface area contributed by atoms with E-state index in [2.05, 4.69) is 33.8 Å². The largest absolute Gasteiger partial charge is 0.479 e. The number of hydrogen-bond donors (Lipinski definition) is 11. The van der Waals surface area contributed by atoms with Crippen molar-refractivity contribution >= 4 is 29.8 Å². The van der Waals surface area contributed by atoms with E-state index < -0.39 is 212 Å². The smallest absolute Gasteiger partial charge is 0.335 e. The Morgan fingerprint density at radius 3 is 1.81 bits per heavy atom. The summed E-state index contributed by atoms with van der Waals surface area (Å²) in [6, 6.07) is 0. The molecule has 5 aliphatic carbocycles. The zero-order valence-corrected chi connectivity index (χ0v) is 52.4. The number of carboxylic acids is 1. The number of hydrogen-bond acceptors (Lipinski definition) is 27. The molecule has 4 heterocycles. The quantitative estimate of drug-likeness (QED) is 0.0398. The number of ether oxygens (including phenoxy) is 12. The SMILES string of the molecule is CC(=O)OCC1OC(OC2C(O)COC(O[C@@H]3[C@H](O)C(C)(C)CC4C5=CCC6[C@@]7(C)CC[C@H](OC8OC(C(=O)O)C(O)C(O)C8OC8OC(CO)C(O)C(O)C8O)[C@](C)(CO)C7CC[C@@]6(C)[C@]5(C)CC[C@]43C)C2O)C(OC(C)=O)C(OC(C)=O)C1OC(C)=O. The van der Waals surface area contributed by atoms with Crippen LogP contribution in [-0.4, -0.2) is 247 Å². The van der Waals surface area contributed by atoms with Gasteiger partial charge in [0.25, 0.3) is 0 Å². The molecular formula is C61H94O28. The Morgan fingerprint density at radius 1 is 0.573 bits per heavy atom. The molecule has 28 heteroatoms. The summed E-state index contributed by atoms with van der Waals surface area (Å²) in [5, 5.41) is 122. The average Bonchev–Trinajstić information content (AvgIpc) is 0.677. The fourth-order valence-corrected chi connectivity index (χ4v) is 17.6.